The predicted molar refractivity (Wildman–Crippen MR) is 101 cm³/mol. The van der Waals surface area contributed by atoms with Gasteiger partial charge < -0.3 is 5.32 Å². The molecule has 0 spiro atoms. The fraction of sp³-hybridized carbons (Fsp3) is 0.286. The molecular weight excluding hydrogens is 324 g/mol. The number of carbonyl (C=O) groups excluding carboxylic acids is 1. The average Bonchev–Trinajstić information content (AvgIpc) is 3.34. The molecule has 132 valence electrons. The normalized spacial score (nSPS) is 14.5. The second kappa shape index (κ2) is 7.12. The lowest BCUT2D eigenvalue weighted by molar-refractivity contribution is 0.0938. The zero-order valence-corrected chi connectivity index (χ0v) is 14.9. The molecule has 1 fully saturated rings. The highest BCUT2D eigenvalue weighted by Gasteiger charge is 2.18. The average molecular weight is 346 g/mol. The molecule has 0 saturated heterocycles. The van der Waals surface area contributed by atoms with Crippen LogP contribution in [0.4, 0.5) is 0 Å². The van der Waals surface area contributed by atoms with Crippen molar-refractivity contribution in [3.63, 3.8) is 0 Å². The van der Waals surface area contributed by atoms with Crippen LogP contribution in [0.15, 0.2) is 54.7 Å². The van der Waals surface area contributed by atoms with Crippen LogP contribution >= 0.6 is 0 Å². The number of benzene rings is 2. The third kappa shape index (κ3) is 3.38. The van der Waals surface area contributed by atoms with Crippen LogP contribution in [0.25, 0.3) is 16.9 Å². The van der Waals surface area contributed by atoms with E-state index in [9.17, 15) is 4.79 Å². The van der Waals surface area contributed by atoms with Crippen LogP contribution in [0.5, 0.6) is 0 Å². The fourth-order valence-corrected chi connectivity index (χ4v) is 3.44. The molecule has 1 heterocycles. The van der Waals surface area contributed by atoms with Crippen molar-refractivity contribution in [1.29, 1.82) is 0 Å². The second-order valence-electron chi connectivity index (χ2n) is 6.90. The number of hydrogen-bond acceptors (Lipinski definition) is 3. The summed E-state index contributed by atoms with van der Waals surface area (Å²) in [6.07, 6.45) is 6.34. The van der Waals surface area contributed by atoms with E-state index >= 15 is 0 Å². The summed E-state index contributed by atoms with van der Waals surface area (Å²) in [6.45, 7) is 2.06. The Labute approximate surface area is 153 Å². The summed E-state index contributed by atoms with van der Waals surface area (Å²) in [5.74, 6) is 0.000739. The van der Waals surface area contributed by atoms with E-state index in [2.05, 4.69) is 46.8 Å². The van der Waals surface area contributed by atoms with Crippen LogP contribution < -0.4 is 5.32 Å². The monoisotopic (exact) mass is 346 g/mol. The van der Waals surface area contributed by atoms with Gasteiger partial charge in [-0.15, -0.1) is 5.10 Å². The van der Waals surface area contributed by atoms with Gasteiger partial charge in [0, 0.05) is 17.2 Å². The fourth-order valence-electron chi connectivity index (χ4n) is 3.44. The summed E-state index contributed by atoms with van der Waals surface area (Å²) < 4.78 is 1.79. The number of nitrogens with one attached hydrogen (secondary N) is 1. The number of hydrogen-bond donors (Lipinski definition) is 1. The smallest absolute Gasteiger partial charge is 0.251 e. The second-order valence-corrected chi connectivity index (χ2v) is 6.90. The first-order valence-electron chi connectivity index (χ1n) is 9.10. The molecule has 0 aliphatic heterocycles. The molecule has 26 heavy (non-hydrogen) atoms. The summed E-state index contributed by atoms with van der Waals surface area (Å²) in [5.41, 5.74) is 4.76. The van der Waals surface area contributed by atoms with Gasteiger partial charge >= 0.3 is 0 Å². The van der Waals surface area contributed by atoms with Gasteiger partial charge in [0.2, 0.25) is 0 Å². The molecule has 2 aromatic carbocycles. The van der Waals surface area contributed by atoms with Gasteiger partial charge in [-0.2, -0.15) is 0 Å². The van der Waals surface area contributed by atoms with Crippen molar-refractivity contribution in [3.8, 4) is 16.9 Å². The van der Waals surface area contributed by atoms with Crippen molar-refractivity contribution in [2.24, 2.45) is 0 Å². The minimum Gasteiger partial charge on any atom is -0.349 e. The van der Waals surface area contributed by atoms with E-state index in [1.54, 1.807) is 10.9 Å². The highest BCUT2D eigenvalue weighted by molar-refractivity contribution is 5.94. The van der Waals surface area contributed by atoms with Crippen molar-refractivity contribution in [2.75, 3.05) is 0 Å². The topological polar surface area (TPSA) is 59.8 Å². The Kier molecular flexibility index (Phi) is 4.52. The Morgan fingerprint density at radius 2 is 1.73 bits per heavy atom. The molecule has 1 N–H and O–H groups in total. The molecule has 3 aromatic rings. The zero-order valence-electron chi connectivity index (χ0n) is 14.9. The molecule has 1 aliphatic carbocycles. The Morgan fingerprint density at radius 3 is 2.42 bits per heavy atom. The highest BCUT2D eigenvalue weighted by Crippen LogP contribution is 2.22. The molecule has 1 aromatic heterocycles. The Bertz CT molecular complexity index is 891. The number of aromatic nitrogens is 3. The minimum atomic E-state index is 0.000739. The molecule has 5 heteroatoms. The van der Waals surface area contributed by atoms with E-state index in [1.165, 1.54) is 18.4 Å². The summed E-state index contributed by atoms with van der Waals surface area (Å²) in [4.78, 5) is 12.4. The molecule has 1 amide bonds. The van der Waals surface area contributed by atoms with Gasteiger partial charge in [-0.05, 0) is 44.0 Å². The van der Waals surface area contributed by atoms with Crippen LogP contribution in [-0.4, -0.2) is 26.9 Å². The number of aryl methyl sites for hydroxylation is 1. The van der Waals surface area contributed by atoms with Crippen LogP contribution in [0.1, 0.15) is 41.6 Å². The quantitative estimate of drug-likeness (QED) is 0.779. The Morgan fingerprint density at radius 1 is 1.04 bits per heavy atom. The zero-order chi connectivity index (χ0) is 17.9. The number of carbonyl (C=O) groups is 1. The summed E-state index contributed by atoms with van der Waals surface area (Å²) >= 11 is 0. The lowest BCUT2D eigenvalue weighted by Crippen LogP contribution is -2.32. The minimum absolute atomic E-state index is 0.000739. The van der Waals surface area contributed by atoms with E-state index in [0.717, 1.165) is 29.8 Å². The van der Waals surface area contributed by atoms with Crippen LogP contribution in [0.3, 0.4) is 0 Å². The van der Waals surface area contributed by atoms with Crippen molar-refractivity contribution in [2.45, 2.75) is 38.6 Å². The number of amides is 1. The lowest BCUT2D eigenvalue weighted by atomic mass is 10.1. The number of nitrogens with zero attached hydrogens (tertiary/aromatic N) is 3. The molecule has 1 aliphatic rings. The first kappa shape index (κ1) is 16.5. The van der Waals surface area contributed by atoms with E-state index in [-0.39, 0.29) is 5.91 Å². The summed E-state index contributed by atoms with van der Waals surface area (Å²) in [5, 5.41) is 11.4. The van der Waals surface area contributed by atoms with Crippen LogP contribution in [0.2, 0.25) is 0 Å². The lowest BCUT2D eigenvalue weighted by Gasteiger charge is -2.12. The first-order valence-corrected chi connectivity index (χ1v) is 9.10. The molecular formula is C21H22N4O. The maximum absolute atomic E-state index is 12.4. The van der Waals surface area contributed by atoms with Crippen molar-refractivity contribution in [1.82, 2.24) is 20.3 Å². The van der Waals surface area contributed by atoms with Crippen LogP contribution in [0, 0.1) is 6.92 Å². The Hall–Kier alpha value is -2.95. The Balaban J connectivity index is 1.55. The molecule has 0 radical (unpaired) electrons. The molecule has 5 nitrogen and oxygen atoms in total. The third-order valence-corrected chi connectivity index (χ3v) is 4.96. The van der Waals surface area contributed by atoms with Gasteiger partial charge in [-0.1, -0.05) is 47.9 Å². The standard InChI is InChI=1S/C21H22N4O/c1-15-6-8-16(9-7-15)20-14-22-24-25(20)19-12-10-17(11-13-19)21(26)23-18-4-2-3-5-18/h6-14,18H,2-5H2,1H3,(H,23,26). The molecule has 0 unspecified atom stereocenters. The highest BCUT2D eigenvalue weighted by atomic mass is 16.1. The SMILES string of the molecule is Cc1ccc(-c2cnnn2-c2ccc(C(=O)NC3CCCC3)cc2)cc1. The van der Waals surface area contributed by atoms with Gasteiger partial charge in [0.15, 0.2) is 0 Å². The van der Waals surface area contributed by atoms with E-state index in [4.69, 9.17) is 0 Å². The first-order chi connectivity index (χ1) is 12.7. The van der Waals surface area contributed by atoms with E-state index in [0.29, 0.717) is 11.6 Å². The predicted octanol–water partition coefficient (Wildman–Crippen LogP) is 3.92. The van der Waals surface area contributed by atoms with Gasteiger partial charge in [0.25, 0.3) is 5.91 Å². The van der Waals surface area contributed by atoms with E-state index < -0.39 is 0 Å². The van der Waals surface area contributed by atoms with Gasteiger partial charge in [-0.25, -0.2) is 4.68 Å². The third-order valence-electron chi connectivity index (χ3n) is 4.96. The van der Waals surface area contributed by atoms with Gasteiger partial charge in [0.05, 0.1) is 17.6 Å². The van der Waals surface area contributed by atoms with Crippen molar-refractivity contribution < 1.29 is 4.79 Å². The summed E-state index contributed by atoms with van der Waals surface area (Å²) in [7, 11) is 0. The van der Waals surface area contributed by atoms with Gasteiger partial charge in [0.1, 0.15) is 0 Å². The summed E-state index contributed by atoms with van der Waals surface area (Å²) in [6, 6.07) is 16.1. The maximum atomic E-state index is 12.4. The molecule has 4 rings (SSSR count). The van der Waals surface area contributed by atoms with Crippen molar-refractivity contribution in [3.05, 3.63) is 65.9 Å². The number of rotatable bonds is 4. The molecule has 0 atom stereocenters. The van der Waals surface area contributed by atoms with E-state index in [1.807, 2.05) is 24.3 Å². The molecule has 1 saturated carbocycles. The maximum Gasteiger partial charge on any atom is 0.251 e. The van der Waals surface area contributed by atoms with Gasteiger partial charge in [-0.3, -0.25) is 4.79 Å². The van der Waals surface area contributed by atoms with Crippen molar-refractivity contribution >= 4 is 5.91 Å². The largest absolute Gasteiger partial charge is 0.349 e. The molecule has 0 bridgehead atoms. The van der Waals surface area contributed by atoms with Crippen LogP contribution in [-0.2, 0) is 0 Å².